The van der Waals surface area contributed by atoms with Crippen molar-refractivity contribution in [2.45, 2.75) is 38.0 Å². The number of nitrogens with one attached hydrogen (secondary N) is 3. The highest BCUT2D eigenvalue weighted by molar-refractivity contribution is 5.99. The molecule has 2 aromatic rings. The van der Waals surface area contributed by atoms with Gasteiger partial charge >= 0.3 is 6.09 Å². The van der Waals surface area contributed by atoms with Crippen LogP contribution >= 0.6 is 0 Å². The van der Waals surface area contributed by atoms with Gasteiger partial charge in [-0.3, -0.25) is 9.89 Å². The van der Waals surface area contributed by atoms with Gasteiger partial charge in [-0.15, -0.1) is 0 Å². The first-order chi connectivity index (χ1) is 12.8. The van der Waals surface area contributed by atoms with Crippen molar-refractivity contribution < 1.29 is 19.1 Å². The third-order valence-electron chi connectivity index (χ3n) is 4.60. The number of nitrogens with two attached hydrogens (primary N) is 1. The minimum atomic E-state index is -0.810. The molecule has 2 atom stereocenters. The molecule has 2 aliphatic heterocycles. The molecule has 2 unspecified atom stereocenters. The van der Waals surface area contributed by atoms with Crippen LogP contribution in [-0.4, -0.2) is 39.9 Å². The molecule has 0 aliphatic carbocycles. The van der Waals surface area contributed by atoms with Crippen molar-refractivity contribution in [1.29, 1.82) is 0 Å². The highest BCUT2D eigenvalue weighted by Crippen LogP contribution is 2.32. The zero-order valence-electron chi connectivity index (χ0n) is 14.9. The molecule has 4 rings (SSSR count). The van der Waals surface area contributed by atoms with Crippen molar-refractivity contribution in [2.24, 2.45) is 5.73 Å². The molecule has 10 nitrogen and oxygen atoms in total. The molecule has 0 saturated carbocycles. The van der Waals surface area contributed by atoms with E-state index in [1.807, 2.05) is 13.8 Å². The van der Waals surface area contributed by atoms with Crippen molar-refractivity contribution in [3.05, 3.63) is 35.2 Å². The molecule has 2 aliphatic rings. The first kappa shape index (κ1) is 17.3. The predicted octanol–water partition coefficient (Wildman–Crippen LogP) is 1.45. The molecular formula is C17H20N6O4. The van der Waals surface area contributed by atoms with Crippen molar-refractivity contribution in [1.82, 2.24) is 20.5 Å². The standard InChI is InChI=1S/C17H20N6O4/c1-17(2)14-9(15(24)21-17)3-4-12(20-14)19-13-6-10(22-23-13)11-5-8(7-26-11)27-16(18)25/h3-4,6,8,11H,5,7H2,1-2H3,(H2,18,25)(H,21,24)(H2,19,20,22,23). The number of rotatable bonds is 4. The van der Waals surface area contributed by atoms with Crippen LogP contribution in [0.4, 0.5) is 16.4 Å². The number of hydrogen-bond acceptors (Lipinski definition) is 7. The summed E-state index contributed by atoms with van der Waals surface area (Å²) >= 11 is 0. The minimum Gasteiger partial charge on any atom is -0.444 e. The van der Waals surface area contributed by atoms with E-state index in [0.29, 0.717) is 29.3 Å². The van der Waals surface area contributed by atoms with E-state index in [0.717, 1.165) is 5.69 Å². The molecule has 0 spiro atoms. The van der Waals surface area contributed by atoms with Gasteiger partial charge in [0.05, 0.1) is 29.1 Å². The Hall–Kier alpha value is -3.14. The number of hydrogen-bond donors (Lipinski definition) is 4. The van der Waals surface area contributed by atoms with Crippen LogP contribution in [0.1, 0.15) is 48.1 Å². The van der Waals surface area contributed by atoms with Crippen molar-refractivity contribution in [3.63, 3.8) is 0 Å². The van der Waals surface area contributed by atoms with Crippen LogP contribution in [0, 0.1) is 0 Å². The molecule has 0 bridgehead atoms. The van der Waals surface area contributed by atoms with Gasteiger partial charge in [-0.05, 0) is 26.0 Å². The highest BCUT2D eigenvalue weighted by atomic mass is 16.6. The number of aromatic amines is 1. The number of primary amides is 1. The Morgan fingerprint density at radius 3 is 3.00 bits per heavy atom. The second kappa shape index (κ2) is 6.23. The van der Waals surface area contributed by atoms with E-state index in [1.165, 1.54) is 0 Å². The van der Waals surface area contributed by atoms with Gasteiger partial charge in [-0.2, -0.15) is 5.10 Å². The zero-order chi connectivity index (χ0) is 19.2. The maximum Gasteiger partial charge on any atom is 0.404 e. The Kier molecular flexibility index (Phi) is 3.99. The van der Waals surface area contributed by atoms with Crippen LogP contribution in [0.25, 0.3) is 0 Å². The number of nitrogens with zero attached hydrogens (tertiary/aromatic N) is 2. The lowest BCUT2D eigenvalue weighted by atomic mass is 10.0. The first-order valence-electron chi connectivity index (χ1n) is 8.56. The molecule has 10 heteroatoms. The second-order valence-electron chi connectivity index (χ2n) is 7.12. The van der Waals surface area contributed by atoms with Crippen LogP contribution in [0.5, 0.6) is 0 Å². The van der Waals surface area contributed by atoms with Crippen LogP contribution in [-0.2, 0) is 15.0 Å². The highest BCUT2D eigenvalue weighted by Gasteiger charge is 2.36. The molecule has 2 aromatic heterocycles. The molecule has 4 heterocycles. The number of amides is 2. The molecule has 1 saturated heterocycles. The third kappa shape index (κ3) is 3.31. The molecular weight excluding hydrogens is 352 g/mol. The Labute approximate surface area is 154 Å². The minimum absolute atomic E-state index is 0.123. The van der Waals surface area contributed by atoms with E-state index in [-0.39, 0.29) is 24.7 Å². The van der Waals surface area contributed by atoms with E-state index in [9.17, 15) is 9.59 Å². The maximum atomic E-state index is 12.0. The van der Waals surface area contributed by atoms with E-state index in [4.69, 9.17) is 15.2 Å². The fraction of sp³-hybridized carbons (Fsp3) is 0.412. The van der Waals surface area contributed by atoms with Crippen LogP contribution in [0.3, 0.4) is 0 Å². The number of anilines is 2. The largest absolute Gasteiger partial charge is 0.444 e. The summed E-state index contributed by atoms with van der Waals surface area (Å²) < 4.78 is 10.6. The molecule has 27 heavy (non-hydrogen) atoms. The number of H-pyrrole nitrogens is 1. The number of pyridine rings is 1. The Morgan fingerprint density at radius 2 is 2.22 bits per heavy atom. The van der Waals surface area contributed by atoms with Gasteiger partial charge in [-0.25, -0.2) is 9.78 Å². The lowest BCUT2D eigenvalue weighted by Gasteiger charge is -2.18. The van der Waals surface area contributed by atoms with Crippen LogP contribution in [0.2, 0.25) is 0 Å². The van der Waals surface area contributed by atoms with Gasteiger partial charge < -0.3 is 25.8 Å². The maximum absolute atomic E-state index is 12.0. The molecule has 142 valence electrons. The first-order valence-corrected chi connectivity index (χ1v) is 8.56. The molecule has 2 amide bonds. The molecule has 0 radical (unpaired) electrons. The average molecular weight is 372 g/mol. The summed E-state index contributed by atoms with van der Waals surface area (Å²) in [5.41, 5.74) is 6.54. The summed E-state index contributed by atoms with van der Waals surface area (Å²) in [6.45, 7) is 4.10. The Bertz CT molecular complexity index is 909. The van der Waals surface area contributed by atoms with Gasteiger partial charge in [0.2, 0.25) is 0 Å². The number of aromatic nitrogens is 3. The van der Waals surface area contributed by atoms with Crippen molar-refractivity contribution in [2.75, 3.05) is 11.9 Å². The number of carbonyl (C=O) groups is 2. The summed E-state index contributed by atoms with van der Waals surface area (Å²) in [4.78, 5) is 27.3. The fourth-order valence-electron chi connectivity index (χ4n) is 3.36. The quantitative estimate of drug-likeness (QED) is 0.636. The van der Waals surface area contributed by atoms with Crippen molar-refractivity contribution in [3.8, 4) is 0 Å². The van der Waals surface area contributed by atoms with Gasteiger partial charge in [0, 0.05) is 12.5 Å². The van der Waals surface area contributed by atoms with Gasteiger partial charge in [-0.1, -0.05) is 0 Å². The lowest BCUT2D eigenvalue weighted by molar-refractivity contribution is 0.0730. The van der Waals surface area contributed by atoms with Crippen molar-refractivity contribution >= 4 is 23.6 Å². The van der Waals surface area contributed by atoms with E-state index in [2.05, 4.69) is 25.8 Å². The summed E-state index contributed by atoms with van der Waals surface area (Å²) in [6.07, 6.45) is -0.928. The SMILES string of the molecule is CC1(C)NC(=O)c2ccc(Nc3cc(C4CC(OC(N)=O)CO4)[nH]n3)nc21. The molecule has 0 aromatic carbocycles. The van der Waals surface area contributed by atoms with E-state index in [1.54, 1.807) is 18.2 Å². The molecule has 5 N–H and O–H groups in total. The summed E-state index contributed by atoms with van der Waals surface area (Å²) in [5.74, 6) is 1.02. The molecule has 1 fully saturated rings. The predicted molar refractivity (Wildman–Crippen MR) is 94.4 cm³/mol. The monoisotopic (exact) mass is 372 g/mol. The zero-order valence-corrected chi connectivity index (χ0v) is 14.9. The summed E-state index contributed by atoms with van der Waals surface area (Å²) in [7, 11) is 0. The van der Waals surface area contributed by atoms with Gasteiger partial charge in [0.15, 0.2) is 5.82 Å². The summed E-state index contributed by atoms with van der Waals surface area (Å²) in [6, 6.07) is 5.28. The number of fused-ring (bicyclic) bond motifs is 1. The number of ether oxygens (including phenoxy) is 2. The van der Waals surface area contributed by atoms with Crippen LogP contribution in [0.15, 0.2) is 18.2 Å². The normalized spacial score (nSPS) is 23.0. The van der Waals surface area contributed by atoms with Gasteiger partial charge in [0.25, 0.3) is 5.91 Å². The lowest BCUT2D eigenvalue weighted by Crippen LogP contribution is -2.33. The smallest absolute Gasteiger partial charge is 0.404 e. The Morgan fingerprint density at radius 1 is 1.41 bits per heavy atom. The second-order valence-corrected chi connectivity index (χ2v) is 7.12. The summed E-state index contributed by atoms with van der Waals surface area (Å²) in [5, 5.41) is 13.1. The van der Waals surface area contributed by atoms with Crippen LogP contribution < -0.4 is 16.4 Å². The fourth-order valence-corrected chi connectivity index (χ4v) is 3.36. The topological polar surface area (TPSA) is 144 Å². The van der Waals surface area contributed by atoms with Gasteiger partial charge in [0.1, 0.15) is 18.0 Å². The Balaban J connectivity index is 1.46. The third-order valence-corrected chi connectivity index (χ3v) is 4.60. The number of carbonyl (C=O) groups excluding carboxylic acids is 2. The van der Waals surface area contributed by atoms with E-state index >= 15 is 0 Å². The van der Waals surface area contributed by atoms with E-state index < -0.39 is 11.6 Å². The average Bonchev–Trinajstić information content (AvgIpc) is 3.27.